The van der Waals surface area contributed by atoms with Crippen molar-refractivity contribution < 1.29 is 32.9 Å². The van der Waals surface area contributed by atoms with E-state index >= 15 is 0 Å². The fourth-order valence-corrected chi connectivity index (χ4v) is 4.88. The number of nitrogens with zero attached hydrogens (tertiary/aromatic N) is 1. The van der Waals surface area contributed by atoms with Gasteiger partial charge in [0.2, 0.25) is 5.91 Å². The van der Waals surface area contributed by atoms with Gasteiger partial charge in [-0.3, -0.25) is 13.8 Å². The highest BCUT2D eigenvalue weighted by Crippen LogP contribution is 2.43. The van der Waals surface area contributed by atoms with Gasteiger partial charge in [0.05, 0.1) is 39.9 Å². The first kappa shape index (κ1) is 38.2. The molecule has 232 valence electrons. The molecular formula is C30H62N2O6P+. The summed E-state index contributed by atoms with van der Waals surface area (Å²) < 4.78 is 23.2. The Morgan fingerprint density at radius 2 is 1.41 bits per heavy atom. The Morgan fingerprint density at radius 3 is 2.05 bits per heavy atom. The van der Waals surface area contributed by atoms with E-state index in [1.807, 2.05) is 21.1 Å². The van der Waals surface area contributed by atoms with Gasteiger partial charge in [0, 0.05) is 6.42 Å². The third-order valence-corrected chi connectivity index (χ3v) is 7.75. The lowest BCUT2D eigenvalue weighted by Crippen LogP contribution is -2.46. The van der Waals surface area contributed by atoms with Crippen LogP contribution in [0.5, 0.6) is 0 Å². The fraction of sp³-hybridized carbons (Fsp3) is 0.900. The summed E-state index contributed by atoms with van der Waals surface area (Å²) in [6.07, 6.45) is 21.1. The number of likely N-dealkylation sites (N-methyl/N-ethyl adjacent to an activating group) is 1. The highest BCUT2D eigenvalue weighted by molar-refractivity contribution is 7.47. The first-order valence-corrected chi connectivity index (χ1v) is 17.0. The number of quaternary nitrogens is 1. The molecule has 0 bridgehead atoms. The predicted molar refractivity (Wildman–Crippen MR) is 162 cm³/mol. The third kappa shape index (κ3) is 25.9. The monoisotopic (exact) mass is 577 g/mol. The van der Waals surface area contributed by atoms with Gasteiger partial charge < -0.3 is 19.8 Å². The molecule has 0 saturated carbocycles. The standard InChI is InChI=1S/C30H61N2O6P/c1-6-8-10-12-14-15-16-17-18-20-22-24-30(34)31-28(29(33)23-21-19-13-11-9-7-2)27-38-39(35,36)37-26-25-32(3,4)5/h12,14,28-29,33H,6-11,13,15-27H2,1-5H3,(H-,31,34,35,36)/p+1/b14-12-. The lowest BCUT2D eigenvalue weighted by atomic mass is 10.0. The van der Waals surface area contributed by atoms with Crippen LogP contribution in [-0.4, -0.2) is 73.4 Å². The van der Waals surface area contributed by atoms with Crippen molar-refractivity contribution in [1.82, 2.24) is 5.32 Å². The molecule has 0 aromatic carbocycles. The van der Waals surface area contributed by atoms with Crippen LogP contribution in [0.2, 0.25) is 0 Å². The van der Waals surface area contributed by atoms with Crippen LogP contribution < -0.4 is 5.32 Å². The lowest BCUT2D eigenvalue weighted by Gasteiger charge is -2.26. The number of amides is 1. The molecule has 0 aromatic rings. The minimum absolute atomic E-state index is 0.0732. The third-order valence-electron chi connectivity index (χ3n) is 6.76. The minimum Gasteiger partial charge on any atom is -0.391 e. The smallest absolute Gasteiger partial charge is 0.391 e. The quantitative estimate of drug-likeness (QED) is 0.0425. The molecule has 39 heavy (non-hydrogen) atoms. The van der Waals surface area contributed by atoms with Gasteiger partial charge in [-0.1, -0.05) is 96.6 Å². The topological polar surface area (TPSA) is 105 Å². The van der Waals surface area contributed by atoms with Gasteiger partial charge >= 0.3 is 7.82 Å². The van der Waals surface area contributed by atoms with Crippen LogP contribution in [0.1, 0.15) is 123 Å². The average molecular weight is 578 g/mol. The molecule has 0 heterocycles. The number of rotatable bonds is 27. The van der Waals surface area contributed by atoms with Gasteiger partial charge in [-0.2, -0.15) is 0 Å². The van der Waals surface area contributed by atoms with E-state index in [1.165, 1.54) is 44.9 Å². The first-order chi connectivity index (χ1) is 18.5. The summed E-state index contributed by atoms with van der Waals surface area (Å²) in [6.45, 7) is 4.73. The van der Waals surface area contributed by atoms with E-state index in [0.717, 1.165) is 51.4 Å². The number of phosphoric acid groups is 1. The fourth-order valence-electron chi connectivity index (χ4n) is 4.14. The summed E-state index contributed by atoms with van der Waals surface area (Å²) in [5.41, 5.74) is 0. The van der Waals surface area contributed by atoms with Crippen LogP contribution in [0.3, 0.4) is 0 Å². The second-order valence-electron chi connectivity index (χ2n) is 11.8. The Balaban J connectivity index is 4.54. The lowest BCUT2D eigenvalue weighted by molar-refractivity contribution is -0.870. The van der Waals surface area contributed by atoms with Crippen molar-refractivity contribution >= 4 is 13.7 Å². The molecule has 0 rings (SSSR count). The van der Waals surface area contributed by atoms with Crippen molar-refractivity contribution in [1.29, 1.82) is 0 Å². The molecular weight excluding hydrogens is 515 g/mol. The molecule has 3 atom stereocenters. The van der Waals surface area contributed by atoms with Gasteiger partial charge in [-0.15, -0.1) is 0 Å². The Morgan fingerprint density at radius 1 is 0.846 bits per heavy atom. The van der Waals surface area contributed by atoms with E-state index in [1.54, 1.807) is 0 Å². The van der Waals surface area contributed by atoms with Crippen molar-refractivity contribution in [3.63, 3.8) is 0 Å². The molecule has 0 radical (unpaired) electrons. The summed E-state index contributed by atoms with van der Waals surface area (Å²) in [7, 11) is 1.60. The molecule has 0 aromatic heterocycles. The number of aliphatic hydroxyl groups excluding tert-OH is 1. The maximum absolute atomic E-state index is 12.6. The molecule has 3 unspecified atom stereocenters. The Hall–Kier alpha value is -0.760. The van der Waals surface area contributed by atoms with E-state index in [9.17, 15) is 19.4 Å². The summed E-state index contributed by atoms with van der Waals surface area (Å²) in [5, 5.41) is 13.6. The van der Waals surface area contributed by atoms with Crippen molar-refractivity contribution in [3.8, 4) is 0 Å². The molecule has 0 aliphatic heterocycles. The second-order valence-corrected chi connectivity index (χ2v) is 13.3. The number of aliphatic hydroxyl groups is 1. The van der Waals surface area contributed by atoms with Gasteiger partial charge in [0.1, 0.15) is 13.2 Å². The maximum atomic E-state index is 12.6. The van der Waals surface area contributed by atoms with Crippen LogP contribution in [0.4, 0.5) is 0 Å². The Bertz CT molecular complexity index is 668. The van der Waals surface area contributed by atoms with E-state index in [4.69, 9.17) is 9.05 Å². The van der Waals surface area contributed by atoms with Crippen molar-refractivity contribution in [3.05, 3.63) is 12.2 Å². The summed E-state index contributed by atoms with van der Waals surface area (Å²) in [4.78, 5) is 22.7. The van der Waals surface area contributed by atoms with Crippen LogP contribution in [0, 0.1) is 0 Å². The van der Waals surface area contributed by atoms with E-state index < -0.39 is 20.0 Å². The van der Waals surface area contributed by atoms with Crippen LogP contribution in [0.25, 0.3) is 0 Å². The van der Waals surface area contributed by atoms with E-state index in [-0.39, 0.29) is 19.1 Å². The Kier molecular flexibility index (Phi) is 23.4. The number of hydrogen-bond donors (Lipinski definition) is 3. The maximum Gasteiger partial charge on any atom is 0.472 e. The zero-order valence-corrected chi connectivity index (χ0v) is 26.8. The number of carbonyl (C=O) groups excluding carboxylic acids is 1. The number of carbonyl (C=O) groups is 1. The van der Waals surface area contributed by atoms with Crippen molar-refractivity contribution in [2.24, 2.45) is 0 Å². The minimum atomic E-state index is -4.29. The highest BCUT2D eigenvalue weighted by Gasteiger charge is 2.28. The largest absolute Gasteiger partial charge is 0.472 e. The van der Waals surface area contributed by atoms with Crippen molar-refractivity contribution in [2.45, 2.75) is 135 Å². The number of allylic oxidation sites excluding steroid dienone is 2. The SMILES string of the molecule is CCCC/C=C\CCCCCCCC(=O)NC(COP(=O)(O)OCC[N+](C)(C)C)C(O)CCCCCCCC. The number of hydrogen-bond acceptors (Lipinski definition) is 5. The van der Waals surface area contributed by atoms with Gasteiger partial charge in [0.25, 0.3) is 0 Å². The van der Waals surface area contributed by atoms with Crippen molar-refractivity contribution in [2.75, 3.05) is 40.9 Å². The first-order valence-electron chi connectivity index (χ1n) is 15.6. The van der Waals surface area contributed by atoms with Crippen LogP contribution in [0.15, 0.2) is 12.2 Å². The summed E-state index contributed by atoms with van der Waals surface area (Å²) in [6, 6.07) is -0.755. The number of phosphoric ester groups is 1. The molecule has 3 N–H and O–H groups in total. The molecule has 0 aliphatic rings. The zero-order chi connectivity index (χ0) is 29.4. The normalized spacial score (nSPS) is 15.4. The number of unbranched alkanes of at least 4 members (excludes halogenated alkanes) is 12. The second kappa shape index (κ2) is 23.9. The van der Waals surface area contributed by atoms with Crippen LogP contribution in [-0.2, 0) is 18.4 Å². The average Bonchev–Trinajstić information content (AvgIpc) is 2.86. The molecule has 0 aliphatic carbocycles. The van der Waals surface area contributed by atoms with E-state index in [2.05, 4.69) is 31.3 Å². The molecule has 1 amide bonds. The molecule has 0 spiro atoms. The highest BCUT2D eigenvalue weighted by atomic mass is 31.2. The predicted octanol–water partition coefficient (Wildman–Crippen LogP) is 6.90. The summed E-state index contributed by atoms with van der Waals surface area (Å²) >= 11 is 0. The molecule has 0 saturated heterocycles. The molecule has 9 heteroatoms. The number of nitrogens with one attached hydrogen (secondary N) is 1. The summed E-state index contributed by atoms with van der Waals surface area (Å²) in [5.74, 6) is -0.164. The Labute approximate surface area is 240 Å². The zero-order valence-electron chi connectivity index (χ0n) is 25.9. The van der Waals surface area contributed by atoms with Crippen LogP contribution >= 0.6 is 7.82 Å². The van der Waals surface area contributed by atoms with Gasteiger partial charge in [-0.05, 0) is 32.1 Å². The van der Waals surface area contributed by atoms with Gasteiger partial charge in [0.15, 0.2) is 0 Å². The van der Waals surface area contributed by atoms with E-state index in [0.29, 0.717) is 23.9 Å². The molecule has 8 nitrogen and oxygen atoms in total. The van der Waals surface area contributed by atoms with Gasteiger partial charge in [-0.25, -0.2) is 4.57 Å². The molecule has 0 fully saturated rings.